The summed E-state index contributed by atoms with van der Waals surface area (Å²) in [7, 11) is 0. The molecule has 3 nitrogen and oxygen atoms in total. The molecule has 1 aliphatic carbocycles. The zero-order valence-corrected chi connectivity index (χ0v) is 13.5. The highest BCUT2D eigenvalue weighted by molar-refractivity contribution is 6.20. The molecule has 1 aliphatic heterocycles. The molecule has 2 aliphatic rings. The predicted octanol–water partition coefficient (Wildman–Crippen LogP) is 3.62. The summed E-state index contributed by atoms with van der Waals surface area (Å²) in [5.74, 6) is -0.106. The molecule has 112 valence electrons. The van der Waals surface area contributed by atoms with Crippen LogP contribution in [0.2, 0.25) is 0 Å². The van der Waals surface area contributed by atoms with Crippen LogP contribution in [0.15, 0.2) is 18.2 Å². The second-order valence-corrected chi connectivity index (χ2v) is 7.41. The summed E-state index contributed by atoms with van der Waals surface area (Å²) in [6.45, 7) is 10.1. The van der Waals surface area contributed by atoms with Gasteiger partial charge in [-0.25, -0.2) is 4.90 Å². The van der Waals surface area contributed by atoms with E-state index in [9.17, 15) is 9.59 Å². The molecule has 0 aromatic heterocycles. The molecule has 1 aromatic rings. The zero-order valence-electron chi connectivity index (χ0n) is 13.5. The molecule has 2 atom stereocenters. The first kappa shape index (κ1) is 14.3. The second-order valence-electron chi connectivity index (χ2n) is 7.41. The molecule has 1 heterocycles. The molecule has 0 spiro atoms. The van der Waals surface area contributed by atoms with Gasteiger partial charge in [0.25, 0.3) is 0 Å². The van der Waals surface area contributed by atoms with E-state index in [0.29, 0.717) is 0 Å². The van der Waals surface area contributed by atoms with Crippen molar-refractivity contribution in [3.63, 3.8) is 0 Å². The molecule has 21 heavy (non-hydrogen) atoms. The van der Waals surface area contributed by atoms with Crippen LogP contribution in [0, 0.1) is 30.6 Å². The van der Waals surface area contributed by atoms with Crippen molar-refractivity contribution in [2.45, 2.75) is 47.5 Å². The lowest BCUT2D eigenvalue weighted by Crippen LogP contribution is -2.59. The standard InChI is InChI=1S/C18H23NO2/c1-11-6-7-14(12(2)10-11)19-15(20)13-8-9-18(5,16(19)21)17(13,3)4/h6-7,10,13H,8-9H2,1-5H3/t13-,18-/m0/s1. The number of aryl methyl sites for hydroxylation is 2. The highest BCUT2D eigenvalue weighted by Crippen LogP contribution is 2.60. The van der Waals surface area contributed by atoms with Gasteiger partial charge in [-0.3, -0.25) is 9.59 Å². The average Bonchev–Trinajstić information content (AvgIpc) is 2.57. The van der Waals surface area contributed by atoms with E-state index in [2.05, 4.69) is 13.8 Å². The van der Waals surface area contributed by atoms with Crippen molar-refractivity contribution in [2.75, 3.05) is 4.90 Å². The molecule has 0 radical (unpaired) electrons. The Kier molecular flexibility index (Phi) is 2.85. The molecule has 0 unspecified atom stereocenters. The number of imide groups is 1. The van der Waals surface area contributed by atoms with Crippen molar-refractivity contribution in [2.24, 2.45) is 16.7 Å². The van der Waals surface area contributed by atoms with E-state index in [1.807, 2.05) is 39.0 Å². The van der Waals surface area contributed by atoms with Gasteiger partial charge in [0.05, 0.1) is 11.1 Å². The van der Waals surface area contributed by atoms with Gasteiger partial charge in [-0.05, 0) is 43.7 Å². The number of rotatable bonds is 1. The van der Waals surface area contributed by atoms with E-state index in [0.717, 1.165) is 29.7 Å². The highest BCUT2D eigenvalue weighted by atomic mass is 16.2. The Bertz CT molecular complexity index is 647. The number of carbonyl (C=O) groups is 2. The molecular weight excluding hydrogens is 262 g/mol. The van der Waals surface area contributed by atoms with Crippen molar-refractivity contribution in [1.29, 1.82) is 0 Å². The SMILES string of the molecule is Cc1ccc(N2C(=O)[C@@H]3CC[C@@](C)(C2=O)C3(C)C)c(C)c1. The minimum atomic E-state index is -0.442. The average molecular weight is 285 g/mol. The van der Waals surface area contributed by atoms with Gasteiger partial charge in [0.2, 0.25) is 11.8 Å². The third kappa shape index (κ3) is 1.66. The van der Waals surface area contributed by atoms with E-state index >= 15 is 0 Å². The summed E-state index contributed by atoms with van der Waals surface area (Å²) >= 11 is 0. The number of hydrogen-bond acceptors (Lipinski definition) is 2. The summed E-state index contributed by atoms with van der Waals surface area (Å²) in [5.41, 5.74) is 2.19. The van der Waals surface area contributed by atoms with E-state index < -0.39 is 5.41 Å². The van der Waals surface area contributed by atoms with Crippen LogP contribution >= 0.6 is 0 Å². The number of anilines is 1. The Morgan fingerprint density at radius 1 is 1.14 bits per heavy atom. The lowest BCUT2D eigenvalue weighted by Gasteiger charge is -2.47. The molecule has 2 bridgehead atoms. The van der Waals surface area contributed by atoms with E-state index in [1.54, 1.807) is 0 Å². The molecule has 2 fully saturated rings. The lowest BCUT2D eigenvalue weighted by atomic mass is 9.62. The smallest absolute Gasteiger partial charge is 0.240 e. The van der Waals surface area contributed by atoms with Gasteiger partial charge in [-0.1, -0.05) is 38.5 Å². The summed E-state index contributed by atoms with van der Waals surface area (Å²) in [4.78, 5) is 27.4. The Labute approximate surface area is 126 Å². The number of carbonyl (C=O) groups excluding carboxylic acids is 2. The van der Waals surface area contributed by atoms with Crippen molar-refractivity contribution < 1.29 is 9.59 Å². The van der Waals surface area contributed by atoms with Crippen LogP contribution < -0.4 is 4.90 Å². The topological polar surface area (TPSA) is 37.4 Å². The fraction of sp³-hybridized carbons (Fsp3) is 0.556. The number of fused-ring (bicyclic) bond motifs is 2. The number of nitrogens with zero attached hydrogens (tertiary/aromatic N) is 1. The summed E-state index contributed by atoms with van der Waals surface area (Å²) in [5, 5.41) is 0. The zero-order chi connectivity index (χ0) is 15.6. The van der Waals surface area contributed by atoms with Crippen LogP contribution in [-0.2, 0) is 9.59 Å². The maximum Gasteiger partial charge on any atom is 0.240 e. The van der Waals surface area contributed by atoms with Crippen molar-refractivity contribution in [3.05, 3.63) is 29.3 Å². The Morgan fingerprint density at radius 3 is 2.43 bits per heavy atom. The first-order valence-corrected chi connectivity index (χ1v) is 7.66. The van der Waals surface area contributed by atoms with Crippen LogP contribution in [0.25, 0.3) is 0 Å². The molecule has 0 N–H and O–H groups in total. The summed E-state index contributed by atoms with van der Waals surface area (Å²) in [6.07, 6.45) is 1.62. The monoisotopic (exact) mass is 285 g/mol. The van der Waals surface area contributed by atoms with Gasteiger partial charge < -0.3 is 0 Å². The highest BCUT2D eigenvalue weighted by Gasteiger charge is 2.64. The Morgan fingerprint density at radius 2 is 1.81 bits per heavy atom. The van der Waals surface area contributed by atoms with Gasteiger partial charge >= 0.3 is 0 Å². The molecule has 1 saturated heterocycles. The minimum Gasteiger partial charge on any atom is -0.274 e. The van der Waals surface area contributed by atoms with Gasteiger partial charge in [-0.15, -0.1) is 0 Å². The van der Waals surface area contributed by atoms with Gasteiger partial charge in [0.1, 0.15) is 0 Å². The molecule has 2 amide bonds. The normalized spacial score (nSPS) is 30.9. The fourth-order valence-corrected chi connectivity index (χ4v) is 4.10. The van der Waals surface area contributed by atoms with E-state index in [-0.39, 0.29) is 23.1 Å². The lowest BCUT2D eigenvalue weighted by molar-refractivity contribution is -0.146. The van der Waals surface area contributed by atoms with Crippen molar-refractivity contribution in [1.82, 2.24) is 0 Å². The number of benzene rings is 1. The number of piperidine rings is 1. The van der Waals surface area contributed by atoms with E-state index in [1.165, 1.54) is 4.90 Å². The van der Waals surface area contributed by atoms with Crippen LogP contribution in [0.3, 0.4) is 0 Å². The largest absolute Gasteiger partial charge is 0.274 e. The van der Waals surface area contributed by atoms with Crippen molar-refractivity contribution >= 4 is 17.5 Å². The van der Waals surface area contributed by atoms with Crippen LogP contribution in [0.1, 0.15) is 44.7 Å². The summed E-state index contributed by atoms with van der Waals surface area (Å²) < 4.78 is 0. The van der Waals surface area contributed by atoms with E-state index in [4.69, 9.17) is 0 Å². The third-order valence-corrected chi connectivity index (χ3v) is 6.01. The van der Waals surface area contributed by atoms with Gasteiger partial charge in [0.15, 0.2) is 0 Å². The second kappa shape index (κ2) is 4.19. The van der Waals surface area contributed by atoms with Gasteiger partial charge in [-0.2, -0.15) is 0 Å². The molecule has 3 heteroatoms. The quantitative estimate of drug-likeness (QED) is 0.739. The Hall–Kier alpha value is -1.64. The van der Waals surface area contributed by atoms with Crippen LogP contribution in [-0.4, -0.2) is 11.8 Å². The Balaban J connectivity index is 2.13. The number of hydrogen-bond donors (Lipinski definition) is 0. The first-order chi connectivity index (χ1) is 9.70. The van der Waals surface area contributed by atoms with Crippen molar-refractivity contribution in [3.8, 4) is 0 Å². The van der Waals surface area contributed by atoms with Crippen LogP contribution in [0.4, 0.5) is 5.69 Å². The van der Waals surface area contributed by atoms with Crippen LogP contribution in [0.5, 0.6) is 0 Å². The minimum absolute atomic E-state index is 0.0214. The molecule has 3 rings (SSSR count). The third-order valence-electron chi connectivity index (χ3n) is 6.01. The maximum atomic E-state index is 13.1. The fourth-order valence-electron chi connectivity index (χ4n) is 4.10. The first-order valence-electron chi connectivity index (χ1n) is 7.66. The molecule has 1 saturated carbocycles. The molecular formula is C18H23NO2. The predicted molar refractivity (Wildman–Crippen MR) is 83.0 cm³/mol. The maximum absolute atomic E-state index is 13.1. The van der Waals surface area contributed by atoms with Gasteiger partial charge in [0, 0.05) is 5.92 Å². The molecule has 1 aromatic carbocycles. The summed E-state index contributed by atoms with van der Waals surface area (Å²) in [6, 6.07) is 5.90. The number of amides is 2.